The fourth-order valence-corrected chi connectivity index (χ4v) is 3.56. The van der Waals surface area contributed by atoms with Crippen molar-refractivity contribution in [2.75, 3.05) is 24.6 Å². The molecule has 11 nitrogen and oxygen atoms in total. The van der Waals surface area contributed by atoms with Gasteiger partial charge in [0.25, 0.3) is 5.69 Å². The van der Waals surface area contributed by atoms with Gasteiger partial charge in [0.1, 0.15) is 5.60 Å². The number of benzene rings is 1. The smallest absolute Gasteiger partial charge is 0.302 e. The Kier molecular flexibility index (Phi) is 5.04. The Morgan fingerprint density at radius 2 is 2.07 bits per heavy atom. The third kappa shape index (κ3) is 3.29. The molecule has 0 spiro atoms. The van der Waals surface area contributed by atoms with Crippen molar-refractivity contribution in [2.24, 2.45) is 7.05 Å². The van der Waals surface area contributed by atoms with E-state index in [1.165, 1.54) is 13.0 Å². The molecule has 0 saturated carbocycles. The van der Waals surface area contributed by atoms with Gasteiger partial charge in [-0.2, -0.15) is 5.10 Å². The minimum absolute atomic E-state index is 0.0666. The molecule has 1 aromatic heterocycles. The van der Waals surface area contributed by atoms with Crippen molar-refractivity contribution in [3.63, 3.8) is 0 Å². The number of hydrogen-bond donors (Lipinski definition) is 1. The predicted molar refractivity (Wildman–Crippen MR) is 99.1 cm³/mol. The van der Waals surface area contributed by atoms with Crippen LogP contribution in [0.15, 0.2) is 18.5 Å². The highest BCUT2D eigenvalue weighted by Gasteiger charge is 2.41. The van der Waals surface area contributed by atoms with E-state index >= 15 is 0 Å². The molecular formula is C17H21N5O6. The van der Waals surface area contributed by atoms with Crippen LogP contribution < -0.4 is 4.90 Å². The number of morpholine rings is 1. The molecule has 1 fully saturated rings. The van der Waals surface area contributed by atoms with Crippen molar-refractivity contribution in [3.8, 4) is 0 Å². The third-order valence-corrected chi connectivity index (χ3v) is 5.07. The van der Waals surface area contributed by atoms with Crippen LogP contribution in [0.2, 0.25) is 0 Å². The van der Waals surface area contributed by atoms with Gasteiger partial charge in [0.15, 0.2) is 5.69 Å². The standard InChI is InChI=1S/C17H21N5O6/c1-11-12(9-23)6-14(21(24)25)16(15(11)22(26)27)20-4-5-28-17(2,10-20)13-7-18-19(3)8-13/h6-8,23H,4-5,9-10H2,1-3H3. The Labute approximate surface area is 160 Å². The monoisotopic (exact) mass is 391 g/mol. The van der Waals surface area contributed by atoms with Crippen LogP contribution in [0.25, 0.3) is 0 Å². The first-order chi connectivity index (χ1) is 13.2. The van der Waals surface area contributed by atoms with Gasteiger partial charge in [-0.15, -0.1) is 0 Å². The zero-order valence-corrected chi connectivity index (χ0v) is 15.8. The van der Waals surface area contributed by atoms with Gasteiger partial charge < -0.3 is 14.7 Å². The lowest BCUT2D eigenvalue weighted by molar-refractivity contribution is -0.393. The summed E-state index contributed by atoms with van der Waals surface area (Å²) < 4.78 is 7.54. The van der Waals surface area contributed by atoms with Gasteiger partial charge in [-0.3, -0.25) is 24.9 Å². The van der Waals surface area contributed by atoms with Gasteiger partial charge in [0, 0.05) is 37.0 Å². The molecule has 1 atom stereocenters. The minimum Gasteiger partial charge on any atom is -0.392 e. The largest absolute Gasteiger partial charge is 0.392 e. The van der Waals surface area contributed by atoms with Crippen LogP contribution in [0.4, 0.5) is 17.1 Å². The molecule has 3 rings (SSSR count). The summed E-state index contributed by atoms with van der Waals surface area (Å²) in [6.45, 7) is 3.46. The van der Waals surface area contributed by atoms with Gasteiger partial charge >= 0.3 is 5.69 Å². The van der Waals surface area contributed by atoms with E-state index < -0.39 is 27.7 Å². The normalized spacial score (nSPS) is 19.6. The molecule has 0 aliphatic carbocycles. The summed E-state index contributed by atoms with van der Waals surface area (Å²) in [7, 11) is 1.76. The number of nitrogens with zero attached hydrogens (tertiary/aromatic N) is 5. The average molecular weight is 391 g/mol. The van der Waals surface area contributed by atoms with E-state index in [4.69, 9.17) is 4.74 Å². The van der Waals surface area contributed by atoms with Crippen LogP contribution >= 0.6 is 0 Å². The van der Waals surface area contributed by atoms with Crippen molar-refractivity contribution in [3.05, 3.63) is 55.4 Å². The lowest BCUT2D eigenvalue weighted by Crippen LogP contribution is -2.48. The maximum atomic E-state index is 11.8. The lowest BCUT2D eigenvalue weighted by Gasteiger charge is -2.40. The topological polar surface area (TPSA) is 137 Å². The molecule has 1 aromatic carbocycles. The van der Waals surface area contributed by atoms with Crippen molar-refractivity contribution in [1.82, 2.24) is 9.78 Å². The fourth-order valence-electron chi connectivity index (χ4n) is 3.56. The zero-order valence-electron chi connectivity index (χ0n) is 15.8. The van der Waals surface area contributed by atoms with Gasteiger partial charge in [0.2, 0.25) is 0 Å². The van der Waals surface area contributed by atoms with Gasteiger partial charge in [-0.05, 0) is 19.4 Å². The zero-order chi connectivity index (χ0) is 20.6. The number of rotatable bonds is 5. The molecule has 1 aliphatic rings. The van der Waals surface area contributed by atoms with E-state index in [1.807, 2.05) is 6.92 Å². The molecule has 1 unspecified atom stereocenters. The summed E-state index contributed by atoms with van der Waals surface area (Å²) in [5.41, 5.74) is -0.534. The maximum absolute atomic E-state index is 11.8. The molecule has 0 bridgehead atoms. The average Bonchev–Trinajstić information content (AvgIpc) is 3.08. The highest BCUT2D eigenvalue weighted by Crippen LogP contribution is 2.44. The SMILES string of the molecule is Cc1c(CO)cc([N+](=O)[O-])c(N2CCOC(C)(c3cnn(C)c3)C2)c1[N+](=O)[O-]. The number of hydrogen-bond acceptors (Lipinski definition) is 8. The molecule has 150 valence electrons. The molecule has 1 saturated heterocycles. The Bertz CT molecular complexity index is 942. The second-order valence-electron chi connectivity index (χ2n) is 6.95. The molecule has 2 aromatic rings. The maximum Gasteiger partial charge on any atom is 0.302 e. The van der Waals surface area contributed by atoms with E-state index in [0.29, 0.717) is 0 Å². The van der Waals surface area contributed by atoms with E-state index in [1.54, 1.807) is 29.0 Å². The van der Waals surface area contributed by atoms with Crippen molar-refractivity contribution >= 4 is 17.1 Å². The van der Waals surface area contributed by atoms with Crippen molar-refractivity contribution in [2.45, 2.75) is 26.1 Å². The Morgan fingerprint density at radius 1 is 1.36 bits per heavy atom. The number of nitro groups is 2. The number of ether oxygens (including phenoxy) is 1. The quantitative estimate of drug-likeness (QED) is 0.601. The second kappa shape index (κ2) is 7.17. The van der Waals surface area contributed by atoms with Crippen molar-refractivity contribution in [1.29, 1.82) is 0 Å². The van der Waals surface area contributed by atoms with Gasteiger partial charge in [-0.1, -0.05) is 0 Å². The molecular weight excluding hydrogens is 370 g/mol. The number of aliphatic hydroxyl groups excluding tert-OH is 1. The summed E-state index contributed by atoms with van der Waals surface area (Å²) in [6, 6.07) is 1.20. The van der Waals surface area contributed by atoms with Crippen LogP contribution in [0, 0.1) is 27.2 Å². The minimum atomic E-state index is -0.836. The molecule has 0 amide bonds. The summed E-state index contributed by atoms with van der Waals surface area (Å²) in [4.78, 5) is 23.8. The van der Waals surface area contributed by atoms with E-state index in [9.17, 15) is 25.3 Å². The first-order valence-corrected chi connectivity index (χ1v) is 8.62. The van der Waals surface area contributed by atoms with Crippen LogP contribution in [-0.4, -0.2) is 44.4 Å². The van der Waals surface area contributed by atoms with Crippen LogP contribution in [0.5, 0.6) is 0 Å². The summed E-state index contributed by atoms with van der Waals surface area (Å²) in [5.74, 6) is 0. The van der Waals surface area contributed by atoms with Crippen LogP contribution in [0.1, 0.15) is 23.6 Å². The predicted octanol–water partition coefficient (Wildman–Crippen LogP) is 1.79. The highest BCUT2D eigenvalue weighted by atomic mass is 16.6. The Morgan fingerprint density at radius 3 is 2.61 bits per heavy atom. The fraction of sp³-hybridized carbons (Fsp3) is 0.471. The van der Waals surface area contributed by atoms with E-state index in [-0.39, 0.29) is 42.2 Å². The molecule has 1 aliphatic heterocycles. The Hall–Kier alpha value is -3.05. The highest BCUT2D eigenvalue weighted by molar-refractivity contribution is 5.79. The first-order valence-electron chi connectivity index (χ1n) is 8.62. The molecule has 1 N–H and O–H groups in total. The van der Waals surface area contributed by atoms with E-state index in [0.717, 1.165) is 5.56 Å². The van der Waals surface area contributed by atoms with Crippen molar-refractivity contribution < 1.29 is 19.7 Å². The number of anilines is 1. The van der Waals surface area contributed by atoms with E-state index in [2.05, 4.69) is 5.10 Å². The Balaban J connectivity index is 2.15. The molecule has 2 heterocycles. The summed E-state index contributed by atoms with van der Waals surface area (Å²) in [6.07, 6.45) is 3.43. The molecule has 28 heavy (non-hydrogen) atoms. The number of aromatic nitrogens is 2. The van der Waals surface area contributed by atoms with Crippen LogP contribution in [-0.2, 0) is 24.0 Å². The lowest BCUT2D eigenvalue weighted by atomic mass is 9.95. The second-order valence-corrected chi connectivity index (χ2v) is 6.95. The molecule has 11 heteroatoms. The number of aliphatic hydroxyl groups is 1. The molecule has 0 radical (unpaired) electrons. The summed E-state index contributed by atoms with van der Waals surface area (Å²) >= 11 is 0. The number of aryl methyl sites for hydroxylation is 1. The van der Waals surface area contributed by atoms with Gasteiger partial charge in [-0.25, -0.2) is 0 Å². The van der Waals surface area contributed by atoms with Gasteiger partial charge in [0.05, 0.1) is 35.8 Å². The first kappa shape index (κ1) is 19.7. The van der Waals surface area contributed by atoms with Crippen LogP contribution in [0.3, 0.4) is 0 Å². The number of nitro benzene ring substituents is 2. The third-order valence-electron chi connectivity index (χ3n) is 5.07. The summed E-state index contributed by atoms with van der Waals surface area (Å²) in [5, 5.41) is 37.1.